The van der Waals surface area contributed by atoms with E-state index >= 15 is 0 Å². The standard InChI is InChI=1S/C17H27N3O2/c1-11(2)9-20(10-12(3)4)17(22)16(21)19-15-7-6-13(5)8-14(15)18/h6-8,11-12H,9-10,18H2,1-5H3,(H,19,21). The molecule has 0 atom stereocenters. The van der Waals surface area contributed by atoms with Crippen molar-refractivity contribution in [1.29, 1.82) is 0 Å². The number of nitrogens with one attached hydrogen (secondary N) is 1. The van der Waals surface area contributed by atoms with E-state index in [9.17, 15) is 9.59 Å². The number of aryl methyl sites for hydroxylation is 1. The molecule has 1 aromatic rings. The third kappa shape index (κ3) is 5.39. The second-order valence-electron chi connectivity index (χ2n) is 6.54. The summed E-state index contributed by atoms with van der Waals surface area (Å²) in [7, 11) is 0. The summed E-state index contributed by atoms with van der Waals surface area (Å²) < 4.78 is 0. The van der Waals surface area contributed by atoms with Crippen LogP contribution in [-0.4, -0.2) is 29.8 Å². The second kappa shape index (κ2) is 7.82. The van der Waals surface area contributed by atoms with Crippen molar-refractivity contribution in [1.82, 2.24) is 4.90 Å². The van der Waals surface area contributed by atoms with Gasteiger partial charge in [0.15, 0.2) is 0 Å². The van der Waals surface area contributed by atoms with Gasteiger partial charge in [0.2, 0.25) is 0 Å². The predicted octanol–water partition coefficient (Wildman–Crippen LogP) is 2.66. The largest absolute Gasteiger partial charge is 0.397 e. The minimum Gasteiger partial charge on any atom is -0.397 e. The predicted molar refractivity (Wildman–Crippen MR) is 90.5 cm³/mol. The Morgan fingerprint density at radius 3 is 2.14 bits per heavy atom. The van der Waals surface area contributed by atoms with Crippen molar-refractivity contribution in [3.63, 3.8) is 0 Å². The van der Waals surface area contributed by atoms with Crippen molar-refractivity contribution >= 4 is 23.2 Å². The highest BCUT2D eigenvalue weighted by atomic mass is 16.2. The first-order valence-corrected chi connectivity index (χ1v) is 7.67. The molecule has 0 aliphatic heterocycles. The summed E-state index contributed by atoms with van der Waals surface area (Å²) in [6.45, 7) is 11.1. The third-order valence-corrected chi connectivity index (χ3v) is 3.11. The van der Waals surface area contributed by atoms with Crippen LogP contribution in [-0.2, 0) is 9.59 Å². The summed E-state index contributed by atoms with van der Waals surface area (Å²) in [6, 6.07) is 5.32. The maximum absolute atomic E-state index is 12.4. The Labute approximate surface area is 132 Å². The maximum atomic E-state index is 12.4. The van der Waals surface area contributed by atoms with Crippen molar-refractivity contribution in [2.75, 3.05) is 24.1 Å². The highest BCUT2D eigenvalue weighted by Crippen LogP contribution is 2.19. The van der Waals surface area contributed by atoms with Gasteiger partial charge in [0.05, 0.1) is 11.4 Å². The number of nitrogens with two attached hydrogens (primary N) is 1. The lowest BCUT2D eigenvalue weighted by Gasteiger charge is -2.25. The summed E-state index contributed by atoms with van der Waals surface area (Å²) in [5.41, 5.74) is 7.80. The van der Waals surface area contributed by atoms with Gasteiger partial charge >= 0.3 is 11.8 Å². The number of carbonyl (C=O) groups excluding carboxylic acids is 2. The molecular formula is C17H27N3O2. The summed E-state index contributed by atoms with van der Waals surface area (Å²) in [4.78, 5) is 26.2. The van der Waals surface area contributed by atoms with Gasteiger partial charge in [-0.1, -0.05) is 33.8 Å². The van der Waals surface area contributed by atoms with E-state index in [1.165, 1.54) is 0 Å². The molecule has 0 aromatic heterocycles. The van der Waals surface area contributed by atoms with Gasteiger partial charge in [-0.2, -0.15) is 0 Å². The molecule has 0 unspecified atom stereocenters. The van der Waals surface area contributed by atoms with Gasteiger partial charge in [-0.05, 0) is 36.5 Å². The fourth-order valence-electron chi connectivity index (χ4n) is 2.24. The molecule has 0 aliphatic carbocycles. The average Bonchev–Trinajstić information content (AvgIpc) is 2.39. The van der Waals surface area contributed by atoms with E-state index in [-0.39, 0.29) is 0 Å². The number of rotatable bonds is 5. The fourth-order valence-corrected chi connectivity index (χ4v) is 2.24. The van der Waals surface area contributed by atoms with E-state index in [0.29, 0.717) is 36.3 Å². The zero-order chi connectivity index (χ0) is 16.9. The molecule has 0 aliphatic rings. The van der Waals surface area contributed by atoms with Crippen molar-refractivity contribution in [3.05, 3.63) is 23.8 Å². The number of anilines is 2. The van der Waals surface area contributed by atoms with E-state index in [1.54, 1.807) is 17.0 Å². The average molecular weight is 305 g/mol. The minimum atomic E-state index is -0.642. The Bertz CT molecular complexity index is 529. The molecule has 0 radical (unpaired) electrons. The molecule has 5 heteroatoms. The number of nitrogens with zero attached hydrogens (tertiary/aromatic N) is 1. The fraction of sp³-hybridized carbons (Fsp3) is 0.529. The van der Waals surface area contributed by atoms with E-state index in [0.717, 1.165) is 5.56 Å². The zero-order valence-corrected chi connectivity index (χ0v) is 14.1. The number of benzene rings is 1. The lowest BCUT2D eigenvalue weighted by molar-refractivity contribution is -0.143. The van der Waals surface area contributed by atoms with E-state index < -0.39 is 11.8 Å². The number of carbonyl (C=O) groups is 2. The Balaban J connectivity index is 2.82. The molecule has 0 fully saturated rings. The molecule has 0 saturated heterocycles. The lowest BCUT2D eigenvalue weighted by atomic mass is 10.1. The van der Waals surface area contributed by atoms with Crippen LogP contribution in [0.1, 0.15) is 33.3 Å². The Hall–Kier alpha value is -2.04. The molecule has 22 heavy (non-hydrogen) atoms. The topological polar surface area (TPSA) is 75.4 Å². The van der Waals surface area contributed by atoms with Gasteiger partial charge in [0.1, 0.15) is 0 Å². The first-order chi connectivity index (χ1) is 10.2. The van der Waals surface area contributed by atoms with Gasteiger partial charge in [0.25, 0.3) is 0 Å². The number of hydrogen-bond acceptors (Lipinski definition) is 3. The summed E-state index contributed by atoms with van der Waals surface area (Å²) in [5, 5.41) is 2.61. The van der Waals surface area contributed by atoms with Crippen LogP contribution in [0.25, 0.3) is 0 Å². The first-order valence-electron chi connectivity index (χ1n) is 7.67. The molecule has 2 amide bonds. The Kier molecular flexibility index (Phi) is 6.40. The van der Waals surface area contributed by atoms with Crippen LogP contribution < -0.4 is 11.1 Å². The lowest BCUT2D eigenvalue weighted by Crippen LogP contribution is -2.43. The molecular weight excluding hydrogens is 278 g/mol. The zero-order valence-electron chi connectivity index (χ0n) is 14.1. The van der Waals surface area contributed by atoms with Crippen LogP contribution in [0.2, 0.25) is 0 Å². The van der Waals surface area contributed by atoms with Gasteiger partial charge in [0, 0.05) is 13.1 Å². The highest BCUT2D eigenvalue weighted by Gasteiger charge is 2.23. The quantitative estimate of drug-likeness (QED) is 0.648. The van der Waals surface area contributed by atoms with Crippen molar-refractivity contribution in [2.45, 2.75) is 34.6 Å². The van der Waals surface area contributed by atoms with Crippen LogP contribution in [0.5, 0.6) is 0 Å². The number of amides is 2. The van der Waals surface area contributed by atoms with Gasteiger partial charge in [-0.25, -0.2) is 0 Å². The highest BCUT2D eigenvalue weighted by molar-refractivity contribution is 6.39. The van der Waals surface area contributed by atoms with Crippen LogP contribution in [0, 0.1) is 18.8 Å². The normalized spacial score (nSPS) is 10.9. The molecule has 0 spiro atoms. The van der Waals surface area contributed by atoms with Gasteiger partial charge in [-0.3, -0.25) is 9.59 Å². The molecule has 5 nitrogen and oxygen atoms in total. The second-order valence-corrected chi connectivity index (χ2v) is 6.54. The molecule has 122 valence electrons. The van der Waals surface area contributed by atoms with E-state index in [1.807, 2.05) is 40.7 Å². The van der Waals surface area contributed by atoms with Gasteiger partial charge in [-0.15, -0.1) is 0 Å². The monoisotopic (exact) mass is 305 g/mol. The molecule has 0 heterocycles. The molecule has 1 rings (SSSR count). The van der Waals surface area contributed by atoms with E-state index in [2.05, 4.69) is 5.32 Å². The van der Waals surface area contributed by atoms with E-state index in [4.69, 9.17) is 5.73 Å². The third-order valence-electron chi connectivity index (χ3n) is 3.11. The Morgan fingerprint density at radius 2 is 1.68 bits per heavy atom. The smallest absolute Gasteiger partial charge is 0.313 e. The van der Waals surface area contributed by atoms with Crippen molar-refractivity contribution in [2.24, 2.45) is 11.8 Å². The maximum Gasteiger partial charge on any atom is 0.313 e. The summed E-state index contributed by atoms with van der Waals surface area (Å²) in [5.74, 6) is -0.542. The van der Waals surface area contributed by atoms with Crippen molar-refractivity contribution < 1.29 is 9.59 Å². The summed E-state index contributed by atoms with van der Waals surface area (Å²) in [6.07, 6.45) is 0. The van der Waals surface area contributed by atoms with Gasteiger partial charge < -0.3 is 16.0 Å². The first kappa shape index (κ1) is 18.0. The Morgan fingerprint density at radius 1 is 1.14 bits per heavy atom. The number of hydrogen-bond donors (Lipinski definition) is 2. The molecule has 3 N–H and O–H groups in total. The number of nitrogen functional groups attached to an aromatic ring is 1. The van der Waals surface area contributed by atoms with Crippen molar-refractivity contribution in [3.8, 4) is 0 Å². The van der Waals surface area contributed by atoms with Crippen LogP contribution in [0.3, 0.4) is 0 Å². The van der Waals surface area contributed by atoms with Crippen LogP contribution >= 0.6 is 0 Å². The molecule has 0 saturated carbocycles. The minimum absolute atomic E-state index is 0.306. The van der Waals surface area contributed by atoms with Crippen LogP contribution in [0.4, 0.5) is 11.4 Å². The molecule has 1 aromatic carbocycles. The SMILES string of the molecule is Cc1ccc(NC(=O)C(=O)N(CC(C)C)CC(C)C)c(N)c1. The molecule has 0 bridgehead atoms. The summed E-state index contributed by atoms with van der Waals surface area (Å²) >= 11 is 0. The van der Waals surface area contributed by atoms with Crippen LogP contribution in [0.15, 0.2) is 18.2 Å².